The third kappa shape index (κ3) is 4.87. The van der Waals surface area contributed by atoms with Gasteiger partial charge < -0.3 is 20.7 Å². The Labute approximate surface area is 161 Å². The van der Waals surface area contributed by atoms with Gasteiger partial charge in [0.25, 0.3) is 0 Å². The first-order valence-corrected chi connectivity index (χ1v) is 9.37. The van der Waals surface area contributed by atoms with E-state index in [1.54, 1.807) is 6.92 Å². The zero-order valence-electron chi connectivity index (χ0n) is 14.9. The van der Waals surface area contributed by atoms with Gasteiger partial charge in [-0.2, -0.15) is 5.26 Å². The number of morpholine rings is 1. The highest BCUT2D eigenvalue weighted by Crippen LogP contribution is 2.23. The van der Waals surface area contributed by atoms with Crippen molar-refractivity contribution in [2.24, 2.45) is 0 Å². The Morgan fingerprint density at radius 3 is 2.70 bits per heavy atom. The number of ether oxygens (including phenoxy) is 1. The summed E-state index contributed by atoms with van der Waals surface area (Å²) in [5, 5.41) is 11.7. The SMILES string of the molecule is C[C@@H](Sc1ncc(C#N)c(N)n1)C(=O)Nc1ccc(N2CCOCC2)cc1. The van der Waals surface area contributed by atoms with Crippen LogP contribution >= 0.6 is 11.8 Å². The highest BCUT2D eigenvalue weighted by Gasteiger charge is 2.17. The molecule has 1 aliphatic rings. The number of benzene rings is 1. The highest BCUT2D eigenvalue weighted by molar-refractivity contribution is 8.00. The van der Waals surface area contributed by atoms with E-state index in [1.807, 2.05) is 30.3 Å². The molecule has 0 bridgehead atoms. The van der Waals surface area contributed by atoms with Gasteiger partial charge in [-0.15, -0.1) is 0 Å². The molecule has 2 heterocycles. The number of carbonyl (C=O) groups excluding carboxylic acids is 1. The molecular formula is C18H20N6O2S. The van der Waals surface area contributed by atoms with E-state index >= 15 is 0 Å². The van der Waals surface area contributed by atoms with Gasteiger partial charge in [0.2, 0.25) is 5.91 Å². The summed E-state index contributed by atoms with van der Waals surface area (Å²) in [5.41, 5.74) is 7.74. The molecule has 0 spiro atoms. The second-order valence-corrected chi connectivity index (χ2v) is 7.27. The van der Waals surface area contributed by atoms with Crippen LogP contribution in [0.15, 0.2) is 35.6 Å². The van der Waals surface area contributed by atoms with Crippen molar-refractivity contribution in [1.29, 1.82) is 5.26 Å². The van der Waals surface area contributed by atoms with Crippen molar-refractivity contribution in [2.75, 3.05) is 42.3 Å². The fraction of sp³-hybridized carbons (Fsp3) is 0.333. The van der Waals surface area contributed by atoms with Crippen LogP contribution in [0.1, 0.15) is 12.5 Å². The molecule has 140 valence electrons. The first kappa shape index (κ1) is 18.9. The van der Waals surface area contributed by atoms with Crippen LogP contribution in [0.4, 0.5) is 17.2 Å². The minimum Gasteiger partial charge on any atom is -0.382 e. The molecule has 3 N–H and O–H groups in total. The molecule has 0 radical (unpaired) electrons. The van der Waals surface area contributed by atoms with Crippen LogP contribution < -0.4 is 16.0 Å². The molecule has 1 aromatic heterocycles. The van der Waals surface area contributed by atoms with Crippen LogP contribution in [-0.2, 0) is 9.53 Å². The summed E-state index contributed by atoms with van der Waals surface area (Å²) in [6.07, 6.45) is 1.36. The summed E-state index contributed by atoms with van der Waals surface area (Å²) in [6, 6.07) is 9.66. The van der Waals surface area contributed by atoms with Crippen molar-refractivity contribution >= 4 is 34.9 Å². The molecule has 27 heavy (non-hydrogen) atoms. The van der Waals surface area contributed by atoms with Gasteiger partial charge in [0.15, 0.2) is 5.16 Å². The number of aromatic nitrogens is 2. The Morgan fingerprint density at radius 1 is 1.37 bits per heavy atom. The average molecular weight is 384 g/mol. The zero-order valence-corrected chi connectivity index (χ0v) is 15.7. The minimum absolute atomic E-state index is 0.112. The largest absolute Gasteiger partial charge is 0.382 e. The molecule has 0 aliphatic carbocycles. The highest BCUT2D eigenvalue weighted by atomic mass is 32.2. The third-order valence-corrected chi connectivity index (χ3v) is 5.05. The second kappa shape index (κ2) is 8.70. The summed E-state index contributed by atoms with van der Waals surface area (Å²) in [6.45, 7) is 4.96. The predicted molar refractivity (Wildman–Crippen MR) is 105 cm³/mol. The Hall–Kier alpha value is -2.83. The topological polar surface area (TPSA) is 117 Å². The van der Waals surface area contributed by atoms with Gasteiger partial charge in [-0.1, -0.05) is 11.8 Å². The molecule has 1 fully saturated rings. The van der Waals surface area contributed by atoms with E-state index in [1.165, 1.54) is 18.0 Å². The lowest BCUT2D eigenvalue weighted by atomic mass is 10.2. The first-order chi connectivity index (χ1) is 13.1. The van der Waals surface area contributed by atoms with Crippen molar-refractivity contribution in [3.05, 3.63) is 36.0 Å². The summed E-state index contributed by atoms with van der Waals surface area (Å²) >= 11 is 1.18. The third-order valence-electron chi connectivity index (χ3n) is 4.08. The smallest absolute Gasteiger partial charge is 0.237 e. The molecule has 0 unspecified atom stereocenters. The van der Waals surface area contributed by atoms with Gasteiger partial charge in [-0.3, -0.25) is 4.79 Å². The minimum atomic E-state index is -0.420. The normalized spacial score (nSPS) is 15.0. The van der Waals surface area contributed by atoms with E-state index in [2.05, 4.69) is 20.2 Å². The van der Waals surface area contributed by atoms with E-state index < -0.39 is 5.25 Å². The summed E-state index contributed by atoms with van der Waals surface area (Å²) in [5.74, 6) is -0.0491. The van der Waals surface area contributed by atoms with Crippen LogP contribution in [-0.4, -0.2) is 47.4 Å². The van der Waals surface area contributed by atoms with Crippen LogP contribution in [0.25, 0.3) is 0 Å². The van der Waals surface area contributed by atoms with Crippen LogP contribution in [0.2, 0.25) is 0 Å². The fourth-order valence-corrected chi connectivity index (χ4v) is 3.30. The number of nitrogen functional groups attached to an aromatic ring is 1. The number of rotatable bonds is 5. The quantitative estimate of drug-likeness (QED) is 0.593. The zero-order chi connectivity index (χ0) is 19.2. The number of hydrogen-bond donors (Lipinski definition) is 2. The maximum absolute atomic E-state index is 12.4. The lowest BCUT2D eigenvalue weighted by Crippen LogP contribution is -2.36. The molecule has 1 saturated heterocycles. The maximum atomic E-state index is 12.4. The molecule has 1 aliphatic heterocycles. The number of nitrogens with zero attached hydrogens (tertiary/aromatic N) is 4. The van der Waals surface area contributed by atoms with Gasteiger partial charge in [-0.25, -0.2) is 9.97 Å². The summed E-state index contributed by atoms with van der Waals surface area (Å²) in [7, 11) is 0. The average Bonchev–Trinajstić information content (AvgIpc) is 2.69. The lowest BCUT2D eigenvalue weighted by Gasteiger charge is -2.28. The van der Waals surface area contributed by atoms with Crippen molar-refractivity contribution in [3.63, 3.8) is 0 Å². The van der Waals surface area contributed by atoms with E-state index in [0.29, 0.717) is 5.16 Å². The summed E-state index contributed by atoms with van der Waals surface area (Å²) in [4.78, 5) is 22.8. The van der Waals surface area contributed by atoms with Gasteiger partial charge in [0.05, 0.1) is 24.7 Å². The molecule has 0 saturated carbocycles. The van der Waals surface area contributed by atoms with Crippen molar-refractivity contribution < 1.29 is 9.53 Å². The lowest BCUT2D eigenvalue weighted by molar-refractivity contribution is -0.115. The van der Waals surface area contributed by atoms with E-state index in [4.69, 9.17) is 15.7 Å². The molecule has 3 rings (SSSR count). The van der Waals surface area contributed by atoms with Crippen molar-refractivity contribution in [2.45, 2.75) is 17.3 Å². The molecule has 1 atom stereocenters. The Bertz CT molecular complexity index is 846. The van der Waals surface area contributed by atoms with Gasteiger partial charge in [-0.05, 0) is 31.2 Å². The number of carbonyl (C=O) groups is 1. The molecule has 9 heteroatoms. The molecule has 1 aromatic carbocycles. The number of hydrogen-bond acceptors (Lipinski definition) is 8. The maximum Gasteiger partial charge on any atom is 0.237 e. The monoisotopic (exact) mass is 384 g/mol. The van der Waals surface area contributed by atoms with Gasteiger partial charge in [0.1, 0.15) is 17.5 Å². The Morgan fingerprint density at radius 2 is 2.07 bits per heavy atom. The number of nitrogens with two attached hydrogens (primary N) is 1. The van der Waals surface area contributed by atoms with Crippen molar-refractivity contribution in [3.8, 4) is 6.07 Å². The molecule has 8 nitrogen and oxygen atoms in total. The Balaban J connectivity index is 1.57. The number of nitriles is 1. The number of nitrogens with one attached hydrogen (secondary N) is 1. The van der Waals surface area contributed by atoms with Gasteiger partial charge in [0, 0.05) is 24.5 Å². The van der Waals surface area contributed by atoms with Gasteiger partial charge >= 0.3 is 0 Å². The molecular weight excluding hydrogens is 364 g/mol. The standard InChI is InChI=1S/C18H20N6O2S/c1-12(27-18-21-11-13(10-19)16(20)23-18)17(25)22-14-2-4-15(5-3-14)24-6-8-26-9-7-24/h2-5,11-12H,6-9H2,1H3,(H,22,25)(H2,20,21,23)/t12-/m1/s1. The predicted octanol–water partition coefficient (Wildman–Crippen LogP) is 1.89. The van der Waals surface area contributed by atoms with Crippen LogP contribution in [0.3, 0.4) is 0 Å². The van der Waals surface area contributed by atoms with E-state index in [-0.39, 0.29) is 17.3 Å². The van der Waals surface area contributed by atoms with E-state index in [0.717, 1.165) is 37.7 Å². The summed E-state index contributed by atoms with van der Waals surface area (Å²) < 4.78 is 5.36. The Kier molecular flexibility index (Phi) is 6.11. The second-order valence-electron chi connectivity index (χ2n) is 5.96. The fourth-order valence-electron chi connectivity index (χ4n) is 2.55. The van der Waals surface area contributed by atoms with Crippen LogP contribution in [0.5, 0.6) is 0 Å². The number of thioether (sulfide) groups is 1. The molecule has 1 amide bonds. The van der Waals surface area contributed by atoms with E-state index in [9.17, 15) is 4.79 Å². The van der Waals surface area contributed by atoms with Crippen molar-refractivity contribution in [1.82, 2.24) is 9.97 Å². The number of amides is 1. The van der Waals surface area contributed by atoms with Crippen LogP contribution in [0, 0.1) is 11.3 Å². The molecule has 2 aromatic rings. The number of anilines is 3. The first-order valence-electron chi connectivity index (χ1n) is 8.49.